The molecule has 0 heterocycles. The first-order chi connectivity index (χ1) is 13.8. The number of hydrogen-bond donors (Lipinski definition) is 1. The van der Waals surface area contributed by atoms with E-state index in [0.717, 1.165) is 10.0 Å². The van der Waals surface area contributed by atoms with Crippen LogP contribution in [0.1, 0.15) is 31.2 Å². The first kappa shape index (κ1) is 21.5. The van der Waals surface area contributed by atoms with Gasteiger partial charge in [-0.1, -0.05) is 47.0 Å². The fraction of sp³-hybridized carbons (Fsp3) is 0.333. The molecule has 8 heteroatoms. The van der Waals surface area contributed by atoms with Gasteiger partial charge < -0.3 is 10.1 Å². The lowest BCUT2D eigenvalue weighted by Crippen LogP contribution is -2.46. The monoisotopic (exact) mass is 479 g/mol. The zero-order valence-electron chi connectivity index (χ0n) is 16.0. The van der Waals surface area contributed by atoms with Crippen LogP contribution in [0.25, 0.3) is 0 Å². The molecule has 0 spiro atoms. The highest BCUT2D eigenvalue weighted by Crippen LogP contribution is 2.41. The maximum absolute atomic E-state index is 13.2. The smallest absolute Gasteiger partial charge is 0.328 e. The largest absolute Gasteiger partial charge is 0.454 e. The number of carbonyl (C=O) groups excluding carboxylic acids is 2. The number of aryl methyl sites for hydroxylation is 1. The Hall–Kier alpha value is -2.19. The Labute approximate surface area is 178 Å². The second kappa shape index (κ2) is 8.67. The number of halogens is 1. The summed E-state index contributed by atoms with van der Waals surface area (Å²) >= 11 is 3.39. The van der Waals surface area contributed by atoms with Crippen LogP contribution in [0.4, 0.5) is 5.69 Å². The van der Waals surface area contributed by atoms with Gasteiger partial charge in [0.05, 0.1) is 4.90 Å². The molecule has 1 amide bonds. The van der Waals surface area contributed by atoms with Gasteiger partial charge in [-0.3, -0.25) is 9.59 Å². The van der Waals surface area contributed by atoms with Crippen molar-refractivity contribution in [2.45, 2.75) is 42.2 Å². The van der Waals surface area contributed by atoms with Crippen molar-refractivity contribution in [2.75, 3.05) is 11.9 Å². The first-order valence-electron chi connectivity index (χ1n) is 9.29. The molecule has 6 nitrogen and oxygen atoms in total. The lowest BCUT2D eigenvalue weighted by atomic mass is 10.1. The van der Waals surface area contributed by atoms with Gasteiger partial charge in [0, 0.05) is 10.2 Å². The summed E-state index contributed by atoms with van der Waals surface area (Å²) in [6, 6.07) is 13.2. The van der Waals surface area contributed by atoms with E-state index < -0.39 is 33.1 Å². The van der Waals surface area contributed by atoms with Gasteiger partial charge in [0.25, 0.3) is 5.91 Å². The Balaban J connectivity index is 1.72. The molecule has 0 radical (unpaired) electrons. The summed E-state index contributed by atoms with van der Waals surface area (Å²) < 4.78 is 30.9. The molecule has 0 saturated heterocycles. The van der Waals surface area contributed by atoms with E-state index in [9.17, 15) is 18.0 Å². The molecular formula is C21H22BrNO5S. The van der Waals surface area contributed by atoms with Gasteiger partial charge in [-0.15, -0.1) is 0 Å². The lowest BCUT2D eigenvalue weighted by molar-refractivity contribution is -0.149. The van der Waals surface area contributed by atoms with Crippen LogP contribution in [0.2, 0.25) is 0 Å². The highest BCUT2D eigenvalue weighted by Gasteiger charge is 2.54. The molecule has 1 aliphatic carbocycles. The minimum Gasteiger partial charge on any atom is -0.454 e. The third-order valence-electron chi connectivity index (χ3n) is 5.13. The van der Waals surface area contributed by atoms with E-state index in [4.69, 9.17) is 4.74 Å². The van der Waals surface area contributed by atoms with Crippen molar-refractivity contribution in [2.24, 2.45) is 0 Å². The summed E-state index contributed by atoms with van der Waals surface area (Å²) in [6.45, 7) is 1.35. The first-order valence-corrected chi connectivity index (χ1v) is 11.6. The van der Waals surface area contributed by atoms with Crippen molar-refractivity contribution in [3.05, 3.63) is 58.6 Å². The molecule has 2 aromatic rings. The maximum atomic E-state index is 13.2. The highest BCUT2D eigenvalue weighted by molar-refractivity contribution is 9.10. The molecule has 154 valence electrons. The van der Waals surface area contributed by atoms with Crippen LogP contribution in [-0.4, -0.2) is 31.6 Å². The van der Waals surface area contributed by atoms with E-state index in [-0.39, 0.29) is 17.7 Å². The molecule has 1 saturated carbocycles. The Morgan fingerprint density at radius 2 is 1.76 bits per heavy atom. The number of sulfone groups is 1. The van der Waals surface area contributed by atoms with Crippen LogP contribution in [0.5, 0.6) is 0 Å². The molecule has 3 rings (SSSR count). The van der Waals surface area contributed by atoms with Gasteiger partial charge in [0.2, 0.25) is 0 Å². The number of amides is 1. The molecule has 1 aliphatic rings. The summed E-state index contributed by atoms with van der Waals surface area (Å²) in [6.07, 6.45) is 1.62. The minimum atomic E-state index is -3.93. The number of ether oxygens (including phenoxy) is 1. The standard InChI is InChI=1S/C21H22BrNO5S/c1-15-13-16(9-10-18(15)22)23-19(24)14-28-20(25)21(11-5-6-12-21)29(26,27)17-7-3-2-4-8-17/h2-4,7-10,13H,5-6,11-12,14H2,1H3,(H,23,24). The third-order valence-corrected chi connectivity index (χ3v) is 8.51. The number of esters is 1. The second-order valence-electron chi connectivity index (χ2n) is 7.11. The average molecular weight is 480 g/mol. The molecule has 0 aromatic heterocycles. The molecule has 0 atom stereocenters. The lowest BCUT2D eigenvalue weighted by Gasteiger charge is -2.26. The van der Waals surface area contributed by atoms with Crippen molar-refractivity contribution in [3.63, 3.8) is 0 Å². The summed E-state index contributed by atoms with van der Waals surface area (Å²) in [5, 5.41) is 2.65. The SMILES string of the molecule is Cc1cc(NC(=O)COC(=O)C2(S(=O)(=O)c3ccccc3)CCCC2)ccc1Br. The molecule has 0 unspecified atom stereocenters. The Bertz CT molecular complexity index is 1010. The summed E-state index contributed by atoms with van der Waals surface area (Å²) in [5.74, 6) is -1.38. The highest BCUT2D eigenvalue weighted by atomic mass is 79.9. The van der Waals surface area contributed by atoms with Crippen molar-refractivity contribution < 1.29 is 22.7 Å². The Morgan fingerprint density at radius 1 is 1.10 bits per heavy atom. The quantitative estimate of drug-likeness (QED) is 0.631. The predicted molar refractivity (Wildman–Crippen MR) is 113 cm³/mol. The van der Waals surface area contributed by atoms with Crippen molar-refractivity contribution in [1.29, 1.82) is 0 Å². The van der Waals surface area contributed by atoms with Crippen molar-refractivity contribution in [1.82, 2.24) is 0 Å². The van der Waals surface area contributed by atoms with Crippen molar-refractivity contribution in [3.8, 4) is 0 Å². The molecule has 2 aromatic carbocycles. The number of nitrogens with one attached hydrogen (secondary N) is 1. The molecule has 29 heavy (non-hydrogen) atoms. The van der Waals surface area contributed by atoms with E-state index in [0.29, 0.717) is 18.5 Å². The summed E-state index contributed by atoms with van der Waals surface area (Å²) in [5.41, 5.74) is 1.51. The van der Waals surface area contributed by atoms with E-state index in [1.165, 1.54) is 12.1 Å². The van der Waals surface area contributed by atoms with Crippen LogP contribution in [-0.2, 0) is 24.2 Å². The van der Waals surface area contributed by atoms with E-state index in [2.05, 4.69) is 21.2 Å². The van der Waals surface area contributed by atoms with E-state index in [1.54, 1.807) is 36.4 Å². The molecule has 0 bridgehead atoms. The van der Waals surface area contributed by atoms with Gasteiger partial charge in [0.1, 0.15) is 0 Å². The van der Waals surface area contributed by atoms with Crippen LogP contribution < -0.4 is 5.32 Å². The Kier molecular flexibility index (Phi) is 6.43. The fourth-order valence-corrected chi connectivity index (χ4v) is 5.85. The zero-order chi connectivity index (χ0) is 21.1. The van der Waals surface area contributed by atoms with Gasteiger partial charge in [-0.05, 0) is 55.7 Å². The predicted octanol–water partition coefficient (Wildman–Crippen LogP) is 4.03. The molecule has 1 fully saturated rings. The fourth-order valence-electron chi connectivity index (χ4n) is 3.54. The van der Waals surface area contributed by atoms with Gasteiger partial charge in [-0.2, -0.15) is 0 Å². The van der Waals surface area contributed by atoms with E-state index in [1.807, 2.05) is 6.92 Å². The molecule has 0 aliphatic heterocycles. The van der Waals surface area contributed by atoms with Crippen LogP contribution in [0.3, 0.4) is 0 Å². The third kappa shape index (κ3) is 4.38. The summed E-state index contributed by atoms with van der Waals surface area (Å²) in [4.78, 5) is 25.1. The number of benzene rings is 2. The van der Waals surface area contributed by atoms with Crippen molar-refractivity contribution >= 4 is 43.3 Å². The number of anilines is 1. The Morgan fingerprint density at radius 3 is 2.38 bits per heavy atom. The molecular weight excluding hydrogens is 458 g/mol. The number of hydrogen-bond acceptors (Lipinski definition) is 5. The van der Waals surface area contributed by atoms with Gasteiger partial charge in [0.15, 0.2) is 21.2 Å². The topological polar surface area (TPSA) is 89.5 Å². The summed E-state index contributed by atoms with van der Waals surface area (Å²) in [7, 11) is -3.93. The van der Waals surface area contributed by atoms with Crippen LogP contribution in [0.15, 0.2) is 57.9 Å². The second-order valence-corrected chi connectivity index (χ2v) is 10.2. The normalized spacial score (nSPS) is 15.7. The van der Waals surface area contributed by atoms with Crippen LogP contribution >= 0.6 is 15.9 Å². The number of carbonyl (C=O) groups is 2. The van der Waals surface area contributed by atoms with Crippen LogP contribution in [0, 0.1) is 6.92 Å². The maximum Gasteiger partial charge on any atom is 0.328 e. The van der Waals surface area contributed by atoms with Gasteiger partial charge in [-0.25, -0.2) is 8.42 Å². The molecule has 1 N–H and O–H groups in total. The number of rotatable bonds is 6. The average Bonchev–Trinajstić information content (AvgIpc) is 3.21. The van der Waals surface area contributed by atoms with E-state index >= 15 is 0 Å². The zero-order valence-corrected chi connectivity index (χ0v) is 18.4. The minimum absolute atomic E-state index is 0.0913. The van der Waals surface area contributed by atoms with Gasteiger partial charge >= 0.3 is 5.97 Å².